The number of amides is 3. The van der Waals surface area contributed by atoms with Crippen molar-refractivity contribution in [3.63, 3.8) is 0 Å². The fourth-order valence-electron chi connectivity index (χ4n) is 4.65. The molecule has 0 bridgehead atoms. The zero-order valence-corrected chi connectivity index (χ0v) is 23.0. The molecule has 3 aromatic rings. The van der Waals surface area contributed by atoms with E-state index in [9.17, 15) is 14.4 Å². The fraction of sp³-hybridized carbons (Fsp3) is 0.448. The number of likely N-dealkylation sites (N-methyl/N-ethyl adjacent to an activating group) is 1. The molecule has 202 valence electrons. The number of thiazole rings is 1. The molecule has 4 rings (SSSR count). The monoisotopic (exact) mass is 536 g/mol. The number of rotatable bonds is 11. The van der Waals surface area contributed by atoms with Crippen molar-refractivity contribution in [2.75, 3.05) is 45.9 Å². The van der Waals surface area contributed by atoms with E-state index in [1.807, 2.05) is 68.4 Å². The van der Waals surface area contributed by atoms with Crippen LogP contribution in [0.4, 0.5) is 0 Å². The summed E-state index contributed by atoms with van der Waals surface area (Å²) in [5, 5.41) is 0.905. The van der Waals surface area contributed by atoms with Crippen molar-refractivity contribution in [1.29, 1.82) is 0 Å². The van der Waals surface area contributed by atoms with E-state index in [4.69, 9.17) is 4.74 Å². The van der Waals surface area contributed by atoms with E-state index >= 15 is 0 Å². The van der Waals surface area contributed by atoms with Crippen molar-refractivity contribution in [2.24, 2.45) is 0 Å². The lowest BCUT2D eigenvalue weighted by molar-refractivity contribution is -0.139. The molecule has 0 radical (unpaired) electrons. The smallest absolute Gasteiger partial charge is 0.248 e. The minimum absolute atomic E-state index is 0.0112. The van der Waals surface area contributed by atoms with E-state index in [0.29, 0.717) is 39.0 Å². The molecule has 0 spiro atoms. The highest BCUT2D eigenvalue weighted by molar-refractivity contribution is 7.18. The van der Waals surface area contributed by atoms with Crippen molar-refractivity contribution >= 4 is 39.3 Å². The van der Waals surface area contributed by atoms with Gasteiger partial charge in [-0.2, -0.15) is 0 Å². The van der Waals surface area contributed by atoms with Crippen molar-refractivity contribution < 1.29 is 19.1 Å². The summed E-state index contributed by atoms with van der Waals surface area (Å²) >= 11 is 1.59. The largest absolute Gasteiger partial charge is 0.365 e. The van der Waals surface area contributed by atoms with Crippen molar-refractivity contribution in [3.05, 3.63) is 65.2 Å². The second-order valence-electron chi connectivity index (χ2n) is 9.42. The van der Waals surface area contributed by atoms with Crippen LogP contribution in [0, 0.1) is 0 Å². The Kier molecular flexibility index (Phi) is 9.84. The number of hydrogen-bond acceptors (Lipinski definition) is 6. The van der Waals surface area contributed by atoms with Gasteiger partial charge in [0.25, 0.3) is 0 Å². The summed E-state index contributed by atoms with van der Waals surface area (Å²) in [5.41, 5.74) is 2.08. The van der Waals surface area contributed by atoms with Gasteiger partial charge in [0.05, 0.1) is 27.9 Å². The Bertz CT molecular complexity index is 1190. The van der Waals surface area contributed by atoms with Crippen LogP contribution in [-0.2, 0) is 32.0 Å². The highest BCUT2D eigenvalue weighted by atomic mass is 32.1. The Labute approximate surface area is 228 Å². The Hall–Kier alpha value is -3.30. The second kappa shape index (κ2) is 13.5. The van der Waals surface area contributed by atoms with E-state index < -0.39 is 6.10 Å². The Morgan fingerprint density at radius 1 is 1.03 bits per heavy atom. The number of fused-ring (bicyclic) bond motifs is 1. The number of nitrogens with zero attached hydrogens (tertiary/aromatic N) is 4. The van der Waals surface area contributed by atoms with Gasteiger partial charge in [-0.1, -0.05) is 42.5 Å². The molecular formula is C29H36N4O4S. The molecule has 0 saturated carbocycles. The lowest BCUT2D eigenvalue weighted by atomic mass is 10.1. The van der Waals surface area contributed by atoms with E-state index in [0.717, 1.165) is 20.8 Å². The van der Waals surface area contributed by atoms with E-state index in [1.54, 1.807) is 26.0 Å². The molecule has 1 aromatic heterocycles. The summed E-state index contributed by atoms with van der Waals surface area (Å²) in [6, 6.07) is 17.9. The van der Waals surface area contributed by atoms with Crippen molar-refractivity contribution in [2.45, 2.75) is 39.2 Å². The molecule has 2 heterocycles. The summed E-state index contributed by atoms with van der Waals surface area (Å²) in [7, 11) is 0. The van der Waals surface area contributed by atoms with Gasteiger partial charge in [0.2, 0.25) is 17.7 Å². The summed E-state index contributed by atoms with van der Waals surface area (Å²) in [6.45, 7) is 6.18. The number of carbonyl (C=O) groups is 3. The van der Waals surface area contributed by atoms with Gasteiger partial charge in [0.15, 0.2) is 0 Å². The molecule has 0 aliphatic carbocycles. The molecule has 9 heteroatoms. The first-order valence-electron chi connectivity index (χ1n) is 13.3. The lowest BCUT2D eigenvalue weighted by Crippen LogP contribution is -2.41. The van der Waals surface area contributed by atoms with E-state index in [2.05, 4.69) is 4.98 Å². The number of hydrogen-bond donors (Lipinski definition) is 0. The molecule has 0 N–H and O–H groups in total. The van der Waals surface area contributed by atoms with Crippen LogP contribution in [0.25, 0.3) is 10.2 Å². The maximum absolute atomic E-state index is 13.3. The first-order chi connectivity index (χ1) is 18.5. The van der Waals surface area contributed by atoms with Crippen LogP contribution >= 0.6 is 11.3 Å². The topological polar surface area (TPSA) is 83.0 Å². The lowest BCUT2D eigenvalue weighted by Gasteiger charge is -2.26. The van der Waals surface area contributed by atoms with Crippen molar-refractivity contribution in [3.8, 4) is 0 Å². The summed E-state index contributed by atoms with van der Waals surface area (Å²) in [4.78, 5) is 48.7. The predicted octanol–water partition coefficient (Wildman–Crippen LogP) is 3.40. The zero-order chi connectivity index (χ0) is 26.9. The zero-order valence-electron chi connectivity index (χ0n) is 22.2. The number of aromatic nitrogens is 1. The average molecular weight is 537 g/mol. The Morgan fingerprint density at radius 3 is 2.50 bits per heavy atom. The third-order valence-corrected chi connectivity index (χ3v) is 7.94. The molecule has 3 amide bonds. The number of para-hydroxylation sites is 1. The standard InChI is InChI=1S/C29H36N4O4S/c1-3-31(4-2)29(36)21-37-23-18-32(17-16-22-10-6-5-7-11-22)28(35)20-33(19-23)27(34)15-14-26-30-24-12-8-9-13-25(24)38-26/h5-13,23H,3-4,14-21H2,1-2H3. The second-order valence-corrected chi connectivity index (χ2v) is 10.5. The Morgan fingerprint density at radius 2 is 1.76 bits per heavy atom. The SMILES string of the molecule is CCN(CC)C(=O)COC1CN(CCc2ccccc2)C(=O)CN(C(=O)CCc2nc3ccccc3s2)C1. The number of aryl methyl sites for hydroxylation is 1. The van der Waals surface area contributed by atoms with Crippen LogP contribution in [0.3, 0.4) is 0 Å². The maximum atomic E-state index is 13.3. The van der Waals surface area contributed by atoms with Gasteiger partial charge in [0.1, 0.15) is 6.61 Å². The van der Waals surface area contributed by atoms with Gasteiger partial charge in [0, 0.05) is 45.6 Å². The molecule has 1 saturated heterocycles. The average Bonchev–Trinajstić information content (AvgIpc) is 3.28. The summed E-state index contributed by atoms with van der Waals surface area (Å²) < 4.78 is 7.13. The van der Waals surface area contributed by atoms with Gasteiger partial charge >= 0.3 is 0 Å². The summed E-state index contributed by atoms with van der Waals surface area (Å²) in [5.74, 6) is -0.295. The maximum Gasteiger partial charge on any atom is 0.248 e. The minimum atomic E-state index is -0.442. The van der Waals surface area contributed by atoms with Gasteiger partial charge < -0.3 is 19.4 Å². The van der Waals surface area contributed by atoms with Crippen LogP contribution in [0.5, 0.6) is 0 Å². The van der Waals surface area contributed by atoms with Gasteiger partial charge in [-0.15, -0.1) is 11.3 Å². The molecule has 1 fully saturated rings. The molecule has 2 aromatic carbocycles. The first-order valence-corrected chi connectivity index (χ1v) is 14.1. The van der Waals surface area contributed by atoms with Crippen LogP contribution in [0.2, 0.25) is 0 Å². The third-order valence-electron chi connectivity index (χ3n) is 6.84. The molecular weight excluding hydrogens is 500 g/mol. The number of carbonyl (C=O) groups excluding carboxylic acids is 3. The van der Waals surface area contributed by atoms with Crippen LogP contribution in [-0.4, -0.2) is 89.4 Å². The molecule has 1 atom stereocenters. The third kappa shape index (κ3) is 7.39. The molecule has 1 unspecified atom stereocenters. The van der Waals surface area contributed by atoms with Crippen molar-refractivity contribution in [1.82, 2.24) is 19.7 Å². The highest BCUT2D eigenvalue weighted by Gasteiger charge is 2.31. The predicted molar refractivity (Wildman–Crippen MR) is 149 cm³/mol. The van der Waals surface area contributed by atoms with Gasteiger partial charge in [-0.3, -0.25) is 14.4 Å². The summed E-state index contributed by atoms with van der Waals surface area (Å²) in [6.07, 6.45) is 1.06. The minimum Gasteiger partial charge on any atom is -0.365 e. The quantitative estimate of drug-likeness (QED) is 0.375. The van der Waals surface area contributed by atoms with Gasteiger partial charge in [-0.05, 0) is 38.0 Å². The number of ether oxygens (including phenoxy) is 1. The first kappa shape index (κ1) is 27.7. The van der Waals surface area contributed by atoms with E-state index in [1.165, 1.54) is 0 Å². The molecule has 8 nitrogen and oxygen atoms in total. The van der Waals surface area contributed by atoms with Gasteiger partial charge in [-0.25, -0.2) is 4.98 Å². The fourth-order valence-corrected chi connectivity index (χ4v) is 5.62. The molecule has 1 aliphatic rings. The molecule has 1 aliphatic heterocycles. The normalized spacial score (nSPS) is 16.1. The molecule has 38 heavy (non-hydrogen) atoms. The van der Waals surface area contributed by atoms with Crippen LogP contribution < -0.4 is 0 Å². The number of benzene rings is 2. The highest BCUT2D eigenvalue weighted by Crippen LogP contribution is 2.23. The van der Waals surface area contributed by atoms with Crippen LogP contribution in [0.15, 0.2) is 54.6 Å². The van der Waals surface area contributed by atoms with E-state index in [-0.39, 0.29) is 43.8 Å². The van der Waals surface area contributed by atoms with Crippen LogP contribution in [0.1, 0.15) is 30.8 Å². The Balaban J connectivity index is 1.42.